The zero-order valence-electron chi connectivity index (χ0n) is 16.2. The number of thioether (sulfide) groups is 1. The minimum atomic E-state index is -0.145. The number of hydrogen-bond donors (Lipinski definition) is 0. The number of furan rings is 1. The number of ketones is 1. The molecule has 0 bridgehead atoms. The molecule has 29 heavy (non-hydrogen) atoms. The topological polar surface area (TPSA) is 65.1 Å². The molecular weight excluding hydrogens is 384 g/mol. The largest absolute Gasteiger partial charge is 0.467 e. The zero-order chi connectivity index (χ0) is 20.4. The lowest BCUT2D eigenvalue weighted by Crippen LogP contribution is -2.24. The Hall–Kier alpha value is -3.12. The predicted molar refractivity (Wildman–Crippen MR) is 115 cm³/mol. The Morgan fingerprint density at radius 1 is 1.10 bits per heavy atom. The number of aryl methyl sites for hydroxylation is 2. The van der Waals surface area contributed by atoms with Crippen LogP contribution in [0.2, 0.25) is 0 Å². The number of carbonyl (C=O) groups excluding carboxylic acids is 1. The molecule has 0 N–H and O–H groups in total. The van der Waals surface area contributed by atoms with Gasteiger partial charge in [0.15, 0.2) is 10.9 Å². The van der Waals surface area contributed by atoms with Gasteiger partial charge in [0.25, 0.3) is 5.56 Å². The molecule has 4 rings (SSSR count). The van der Waals surface area contributed by atoms with E-state index in [9.17, 15) is 9.59 Å². The number of para-hydroxylation sites is 1. The van der Waals surface area contributed by atoms with E-state index in [1.165, 1.54) is 11.8 Å². The first-order chi connectivity index (χ1) is 14.0. The van der Waals surface area contributed by atoms with Gasteiger partial charge in [-0.1, -0.05) is 47.7 Å². The molecule has 0 amide bonds. The molecule has 0 aliphatic carbocycles. The summed E-state index contributed by atoms with van der Waals surface area (Å²) < 4.78 is 6.99. The number of aromatic nitrogens is 2. The molecule has 5 nitrogen and oxygen atoms in total. The molecule has 0 aliphatic rings. The van der Waals surface area contributed by atoms with Gasteiger partial charge in [-0.3, -0.25) is 14.2 Å². The smallest absolute Gasteiger partial charge is 0.262 e. The Kier molecular flexibility index (Phi) is 5.36. The third kappa shape index (κ3) is 4.03. The van der Waals surface area contributed by atoms with Crippen molar-refractivity contribution in [2.75, 3.05) is 5.75 Å². The molecule has 4 aromatic rings. The van der Waals surface area contributed by atoms with Gasteiger partial charge in [-0.05, 0) is 43.7 Å². The average molecular weight is 404 g/mol. The highest BCUT2D eigenvalue weighted by Crippen LogP contribution is 2.21. The molecule has 2 heterocycles. The van der Waals surface area contributed by atoms with Crippen LogP contribution in [0.15, 0.2) is 75.2 Å². The number of Topliss-reactive ketones (excluding diaryl/α,β-unsaturated/α-hetero) is 1. The van der Waals surface area contributed by atoms with Crippen LogP contribution in [0.25, 0.3) is 10.9 Å². The number of nitrogens with zero attached hydrogens (tertiary/aromatic N) is 2. The van der Waals surface area contributed by atoms with Crippen molar-refractivity contribution in [3.63, 3.8) is 0 Å². The second-order valence-corrected chi connectivity index (χ2v) is 7.85. The van der Waals surface area contributed by atoms with Crippen LogP contribution < -0.4 is 5.56 Å². The molecule has 0 saturated heterocycles. The second-order valence-electron chi connectivity index (χ2n) is 6.91. The third-order valence-electron chi connectivity index (χ3n) is 4.74. The molecule has 0 aliphatic heterocycles. The molecule has 0 unspecified atom stereocenters. The lowest BCUT2D eigenvalue weighted by atomic mass is 10.0. The Morgan fingerprint density at radius 2 is 1.93 bits per heavy atom. The van der Waals surface area contributed by atoms with Crippen molar-refractivity contribution in [2.45, 2.75) is 25.5 Å². The van der Waals surface area contributed by atoms with E-state index in [0.29, 0.717) is 27.4 Å². The SMILES string of the molecule is Cc1ccc(C(=O)CSc2nc3ccccc3c(=O)n2Cc2ccco2)c(C)c1. The molecule has 2 aromatic carbocycles. The van der Waals surface area contributed by atoms with E-state index < -0.39 is 0 Å². The average Bonchev–Trinajstić information content (AvgIpc) is 3.22. The minimum Gasteiger partial charge on any atom is -0.467 e. The van der Waals surface area contributed by atoms with Gasteiger partial charge in [-0.25, -0.2) is 4.98 Å². The van der Waals surface area contributed by atoms with Crippen LogP contribution >= 0.6 is 11.8 Å². The van der Waals surface area contributed by atoms with Crippen LogP contribution in [0.3, 0.4) is 0 Å². The molecule has 146 valence electrons. The Labute approximate surface area is 172 Å². The van der Waals surface area contributed by atoms with E-state index in [1.807, 2.05) is 56.3 Å². The quantitative estimate of drug-likeness (QED) is 0.266. The van der Waals surface area contributed by atoms with Crippen molar-refractivity contribution in [1.82, 2.24) is 9.55 Å². The number of carbonyl (C=O) groups is 1. The first-order valence-electron chi connectivity index (χ1n) is 9.28. The van der Waals surface area contributed by atoms with Gasteiger partial charge >= 0.3 is 0 Å². The van der Waals surface area contributed by atoms with Crippen molar-refractivity contribution < 1.29 is 9.21 Å². The van der Waals surface area contributed by atoms with Gasteiger partial charge < -0.3 is 4.42 Å². The maximum absolute atomic E-state index is 13.1. The summed E-state index contributed by atoms with van der Waals surface area (Å²) in [6, 6.07) is 16.6. The molecular formula is C23H20N2O3S. The van der Waals surface area contributed by atoms with E-state index in [-0.39, 0.29) is 23.6 Å². The van der Waals surface area contributed by atoms with Gasteiger partial charge in [-0.2, -0.15) is 0 Å². The Balaban J connectivity index is 1.68. The van der Waals surface area contributed by atoms with E-state index in [0.717, 1.165) is 11.1 Å². The molecule has 0 radical (unpaired) electrons. The van der Waals surface area contributed by atoms with Gasteiger partial charge in [0.2, 0.25) is 0 Å². The zero-order valence-corrected chi connectivity index (χ0v) is 17.0. The maximum Gasteiger partial charge on any atom is 0.262 e. The van der Waals surface area contributed by atoms with Crippen LogP contribution in [0.1, 0.15) is 27.2 Å². The minimum absolute atomic E-state index is 0.0134. The monoisotopic (exact) mass is 404 g/mol. The first-order valence-corrected chi connectivity index (χ1v) is 10.3. The summed E-state index contributed by atoms with van der Waals surface area (Å²) in [6.45, 7) is 4.21. The van der Waals surface area contributed by atoms with E-state index >= 15 is 0 Å². The summed E-state index contributed by atoms with van der Waals surface area (Å²) in [5.74, 6) is 0.874. The summed E-state index contributed by atoms with van der Waals surface area (Å²) in [4.78, 5) is 30.5. The van der Waals surface area contributed by atoms with E-state index in [4.69, 9.17) is 4.42 Å². The van der Waals surface area contributed by atoms with E-state index in [2.05, 4.69) is 4.98 Å². The fourth-order valence-corrected chi connectivity index (χ4v) is 4.17. The Morgan fingerprint density at radius 3 is 2.69 bits per heavy atom. The van der Waals surface area contributed by atoms with Crippen LogP contribution in [-0.2, 0) is 6.54 Å². The predicted octanol–water partition coefficient (Wildman–Crippen LogP) is 4.63. The normalized spacial score (nSPS) is 11.1. The van der Waals surface area contributed by atoms with Crippen molar-refractivity contribution in [3.8, 4) is 0 Å². The lowest BCUT2D eigenvalue weighted by molar-refractivity contribution is 0.102. The standard InChI is InChI=1S/C23H20N2O3S/c1-15-9-10-18(16(2)12-15)21(26)14-29-23-24-20-8-4-3-7-19(20)22(27)25(23)13-17-6-5-11-28-17/h3-12H,13-14H2,1-2H3. The fourth-order valence-electron chi connectivity index (χ4n) is 3.29. The lowest BCUT2D eigenvalue weighted by Gasteiger charge is -2.12. The highest BCUT2D eigenvalue weighted by atomic mass is 32.2. The third-order valence-corrected chi connectivity index (χ3v) is 5.71. The number of benzene rings is 2. The van der Waals surface area contributed by atoms with Gasteiger partial charge in [0, 0.05) is 5.56 Å². The van der Waals surface area contributed by atoms with Gasteiger partial charge in [0.1, 0.15) is 5.76 Å². The summed E-state index contributed by atoms with van der Waals surface area (Å²) in [6.07, 6.45) is 1.57. The first kappa shape index (κ1) is 19.2. The van der Waals surface area contributed by atoms with Gasteiger partial charge in [0.05, 0.1) is 29.5 Å². The molecule has 6 heteroatoms. The van der Waals surface area contributed by atoms with Crippen LogP contribution in [0, 0.1) is 13.8 Å². The van der Waals surface area contributed by atoms with Crippen LogP contribution in [0.4, 0.5) is 0 Å². The molecule has 2 aromatic heterocycles. The van der Waals surface area contributed by atoms with Crippen molar-refractivity contribution >= 4 is 28.4 Å². The van der Waals surface area contributed by atoms with Crippen LogP contribution in [0.5, 0.6) is 0 Å². The maximum atomic E-state index is 13.1. The highest BCUT2D eigenvalue weighted by molar-refractivity contribution is 7.99. The summed E-state index contributed by atoms with van der Waals surface area (Å²) in [7, 11) is 0. The summed E-state index contributed by atoms with van der Waals surface area (Å²) >= 11 is 1.27. The van der Waals surface area contributed by atoms with Gasteiger partial charge in [-0.15, -0.1) is 0 Å². The molecule has 0 atom stereocenters. The van der Waals surface area contributed by atoms with E-state index in [1.54, 1.807) is 23.0 Å². The van der Waals surface area contributed by atoms with Crippen molar-refractivity contribution in [2.24, 2.45) is 0 Å². The van der Waals surface area contributed by atoms with Crippen LogP contribution in [-0.4, -0.2) is 21.1 Å². The van der Waals surface area contributed by atoms with Crippen molar-refractivity contribution in [3.05, 3.63) is 93.7 Å². The second kappa shape index (κ2) is 8.09. The van der Waals surface area contributed by atoms with Crippen molar-refractivity contribution in [1.29, 1.82) is 0 Å². The highest BCUT2D eigenvalue weighted by Gasteiger charge is 2.16. The number of rotatable bonds is 6. The Bertz CT molecular complexity index is 1240. The number of hydrogen-bond acceptors (Lipinski definition) is 5. The molecule has 0 saturated carbocycles. The fraction of sp³-hybridized carbons (Fsp3) is 0.174. The number of fused-ring (bicyclic) bond motifs is 1. The molecule has 0 spiro atoms. The summed E-state index contributed by atoms with van der Waals surface area (Å²) in [5, 5.41) is 1.05. The molecule has 0 fully saturated rings. The summed E-state index contributed by atoms with van der Waals surface area (Å²) in [5.41, 5.74) is 3.25.